The van der Waals surface area contributed by atoms with E-state index in [1.54, 1.807) is 0 Å². The minimum Gasteiger partial charge on any atom is -0.462 e. The van der Waals surface area contributed by atoms with Gasteiger partial charge in [0.05, 0.1) is 6.61 Å². The Morgan fingerprint density at radius 3 is 0.846 bits per heavy atom. The maximum absolute atomic E-state index is 12.3. The summed E-state index contributed by atoms with van der Waals surface area (Å²) in [6, 6.07) is 0. The summed E-state index contributed by atoms with van der Waals surface area (Å²) in [5, 5.41) is 9.67. The number of allylic oxidation sites excluding steroid dienone is 14. The predicted octanol–water partition coefficient (Wildman–Crippen LogP) is 23.7. The molecule has 1 N–H and O–H groups in total. The highest BCUT2D eigenvalue weighted by Crippen LogP contribution is 2.18. The smallest absolute Gasteiger partial charge is 0.306 e. The Morgan fingerprint density at radius 2 is 0.551 bits per heavy atom. The lowest BCUT2D eigenvalue weighted by molar-refractivity contribution is -0.161. The predicted molar refractivity (Wildman–Crippen MR) is 343 cm³/mol. The molecule has 0 radical (unpaired) electrons. The Kier molecular flexibility index (Phi) is 65.8. The maximum atomic E-state index is 12.3. The summed E-state index contributed by atoms with van der Waals surface area (Å²) < 4.78 is 10.7. The molecule has 0 aromatic heterocycles. The summed E-state index contributed by atoms with van der Waals surface area (Å²) in [5.41, 5.74) is 0. The first-order chi connectivity index (χ1) is 38.6. The lowest BCUT2D eigenvalue weighted by atomic mass is 10.0. The van der Waals surface area contributed by atoms with Crippen LogP contribution < -0.4 is 0 Å². The number of aliphatic hydroxyl groups is 1. The van der Waals surface area contributed by atoms with Crippen molar-refractivity contribution >= 4 is 11.9 Å². The van der Waals surface area contributed by atoms with Crippen LogP contribution in [0.2, 0.25) is 0 Å². The molecular formula is C73H130O5. The third kappa shape index (κ3) is 65.6. The summed E-state index contributed by atoms with van der Waals surface area (Å²) in [5.74, 6) is -0.610. The fourth-order valence-electron chi connectivity index (χ4n) is 10.1. The first-order valence-electron chi connectivity index (χ1n) is 34.1. The number of hydrogen-bond donors (Lipinski definition) is 1. The molecule has 1 unspecified atom stereocenters. The van der Waals surface area contributed by atoms with E-state index in [2.05, 4.69) is 98.9 Å². The average Bonchev–Trinajstić information content (AvgIpc) is 3.44. The van der Waals surface area contributed by atoms with Crippen LogP contribution in [-0.2, 0) is 19.1 Å². The van der Waals surface area contributed by atoms with Crippen molar-refractivity contribution < 1.29 is 24.2 Å². The molecular weight excluding hydrogens is 957 g/mol. The normalized spacial score (nSPS) is 12.7. The second kappa shape index (κ2) is 68.4. The van der Waals surface area contributed by atoms with Crippen LogP contribution in [0.5, 0.6) is 0 Å². The van der Waals surface area contributed by atoms with Crippen molar-refractivity contribution in [2.24, 2.45) is 0 Å². The molecule has 0 saturated heterocycles. The molecule has 0 fully saturated rings. The lowest BCUT2D eigenvalue weighted by Crippen LogP contribution is -2.28. The van der Waals surface area contributed by atoms with E-state index in [0.717, 1.165) is 89.9 Å². The number of carbonyl (C=O) groups is 2. The minimum absolute atomic E-state index is 0.0774. The van der Waals surface area contributed by atoms with Crippen molar-refractivity contribution in [1.29, 1.82) is 0 Å². The lowest BCUT2D eigenvalue weighted by Gasteiger charge is -2.15. The van der Waals surface area contributed by atoms with Crippen LogP contribution in [0.25, 0.3) is 0 Å². The monoisotopic (exact) mass is 1090 g/mol. The molecule has 1 atom stereocenters. The second-order valence-electron chi connectivity index (χ2n) is 22.9. The molecule has 78 heavy (non-hydrogen) atoms. The molecule has 452 valence electrons. The fraction of sp³-hybridized carbons (Fsp3) is 0.781. The van der Waals surface area contributed by atoms with Crippen molar-refractivity contribution in [2.45, 2.75) is 354 Å². The Balaban J connectivity index is 3.42. The van der Waals surface area contributed by atoms with Crippen molar-refractivity contribution in [2.75, 3.05) is 13.2 Å². The zero-order chi connectivity index (χ0) is 56.2. The van der Waals surface area contributed by atoms with Crippen LogP contribution in [-0.4, -0.2) is 36.4 Å². The number of carbonyl (C=O) groups excluding carboxylic acids is 2. The summed E-state index contributed by atoms with van der Waals surface area (Å²) in [4.78, 5) is 24.6. The van der Waals surface area contributed by atoms with Crippen LogP contribution in [0.3, 0.4) is 0 Å². The van der Waals surface area contributed by atoms with E-state index < -0.39 is 6.10 Å². The van der Waals surface area contributed by atoms with Gasteiger partial charge in [-0.15, -0.1) is 0 Å². The highest BCUT2D eigenvalue weighted by Gasteiger charge is 2.16. The minimum atomic E-state index is -0.791. The van der Waals surface area contributed by atoms with Crippen molar-refractivity contribution in [3.05, 3.63) is 85.1 Å². The van der Waals surface area contributed by atoms with Gasteiger partial charge in [0.2, 0.25) is 0 Å². The average molecular weight is 1090 g/mol. The molecule has 0 aliphatic carbocycles. The molecule has 5 heteroatoms. The maximum Gasteiger partial charge on any atom is 0.306 e. The molecule has 0 bridgehead atoms. The van der Waals surface area contributed by atoms with Crippen LogP contribution in [0.4, 0.5) is 0 Å². The summed E-state index contributed by atoms with van der Waals surface area (Å²) in [7, 11) is 0. The van der Waals surface area contributed by atoms with Gasteiger partial charge in [0.1, 0.15) is 6.61 Å². The van der Waals surface area contributed by atoms with Crippen molar-refractivity contribution in [3.8, 4) is 0 Å². The Hall–Kier alpha value is -2.92. The molecule has 0 spiro atoms. The third-order valence-corrected chi connectivity index (χ3v) is 15.2. The van der Waals surface area contributed by atoms with E-state index >= 15 is 0 Å². The van der Waals surface area contributed by atoms with Crippen LogP contribution in [0.1, 0.15) is 348 Å². The molecule has 0 heterocycles. The molecule has 0 aliphatic heterocycles. The van der Waals surface area contributed by atoms with Crippen LogP contribution in [0.15, 0.2) is 85.1 Å². The van der Waals surface area contributed by atoms with Crippen molar-refractivity contribution in [1.82, 2.24) is 0 Å². The van der Waals surface area contributed by atoms with Gasteiger partial charge in [0.15, 0.2) is 6.10 Å². The fourth-order valence-corrected chi connectivity index (χ4v) is 10.1. The van der Waals surface area contributed by atoms with E-state index in [-0.39, 0.29) is 25.2 Å². The number of esters is 2. The molecule has 0 aromatic carbocycles. The number of ether oxygens (including phenoxy) is 2. The molecule has 0 rings (SSSR count). The van der Waals surface area contributed by atoms with Gasteiger partial charge in [-0.3, -0.25) is 9.59 Å². The Bertz CT molecular complexity index is 1420. The number of rotatable bonds is 63. The van der Waals surface area contributed by atoms with E-state index in [9.17, 15) is 14.7 Å². The number of hydrogen-bond acceptors (Lipinski definition) is 5. The third-order valence-electron chi connectivity index (χ3n) is 15.2. The summed E-state index contributed by atoms with van der Waals surface area (Å²) >= 11 is 0. The van der Waals surface area contributed by atoms with Gasteiger partial charge >= 0.3 is 11.9 Å². The van der Waals surface area contributed by atoms with Crippen LogP contribution in [0, 0.1) is 0 Å². The van der Waals surface area contributed by atoms with Gasteiger partial charge in [-0.1, -0.05) is 330 Å². The highest BCUT2D eigenvalue weighted by molar-refractivity contribution is 5.70. The van der Waals surface area contributed by atoms with E-state index in [1.807, 2.05) is 0 Å². The SMILES string of the molecule is CC/C=C\C/C=C\C/C=C\C/C=C\C/C=C\C/C=C\CCCCCCC(=O)OC(CO)COC(=O)CCCCCCCCCCCCCCCCCCCCCCCCCCCCCCC/C=C\CCCCCCCCCC. The zero-order valence-corrected chi connectivity index (χ0v) is 51.9. The van der Waals surface area contributed by atoms with Gasteiger partial charge in [0.25, 0.3) is 0 Å². The Morgan fingerprint density at radius 1 is 0.308 bits per heavy atom. The van der Waals surface area contributed by atoms with Gasteiger partial charge < -0.3 is 14.6 Å². The summed E-state index contributed by atoms with van der Waals surface area (Å²) in [6.07, 6.45) is 96.3. The van der Waals surface area contributed by atoms with Crippen molar-refractivity contribution in [3.63, 3.8) is 0 Å². The largest absolute Gasteiger partial charge is 0.462 e. The topological polar surface area (TPSA) is 72.8 Å². The highest BCUT2D eigenvalue weighted by atomic mass is 16.6. The van der Waals surface area contributed by atoms with Crippen LogP contribution >= 0.6 is 0 Å². The summed E-state index contributed by atoms with van der Waals surface area (Å²) in [6.45, 7) is 4.04. The van der Waals surface area contributed by atoms with Gasteiger partial charge in [-0.05, 0) is 89.9 Å². The Labute approximate surface area is 486 Å². The number of unbranched alkanes of at least 4 members (excludes halogenated alkanes) is 41. The molecule has 5 nitrogen and oxygen atoms in total. The molecule has 0 amide bonds. The number of aliphatic hydroxyl groups excluding tert-OH is 1. The van der Waals surface area contributed by atoms with E-state index in [0.29, 0.717) is 12.8 Å². The van der Waals surface area contributed by atoms with Gasteiger partial charge in [0, 0.05) is 12.8 Å². The molecule has 0 aliphatic rings. The quantitative estimate of drug-likeness (QED) is 0.0373. The van der Waals surface area contributed by atoms with Gasteiger partial charge in [-0.2, -0.15) is 0 Å². The van der Waals surface area contributed by atoms with Gasteiger partial charge in [-0.25, -0.2) is 0 Å². The first-order valence-corrected chi connectivity index (χ1v) is 34.1. The van der Waals surface area contributed by atoms with E-state index in [1.165, 1.54) is 231 Å². The standard InChI is InChI=1S/C73H130O5/c1-3-5-7-9-11-13-15-17-19-21-23-25-27-28-29-30-31-32-33-34-35-36-37-38-39-40-41-42-43-44-46-47-49-51-53-55-57-59-61-63-65-67-72(75)77-70-71(69-74)78-73(76)68-66-64-62-60-58-56-54-52-50-48-45-26-24-22-20-18-16-14-12-10-8-6-4-2/h6,8,12,14,18,20-21,23-24,26,48,50,54,56,71,74H,3-5,7,9-11,13,15-17,19,22,25,27-47,49,51-53,55,57-70H2,1-2H3/b8-6-,14-12-,20-18-,23-21-,26-24-,50-48-,56-54-. The van der Waals surface area contributed by atoms with E-state index in [4.69, 9.17) is 9.47 Å². The molecule has 0 saturated carbocycles. The first kappa shape index (κ1) is 75.1. The second-order valence-corrected chi connectivity index (χ2v) is 22.9. The zero-order valence-electron chi connectivity index (χ0n) is 51.9. The molecule has 0 aromatic rings.